The number of aromatic nitrogens is 1. The van der Waals surface area contributed by atoms with Crippen LogP contribution in [-0.4, -0.2) is 17.7 Å². The van der Waals surface area contributed by atoms with Crippen LogP contribution < -0.4 is 11.3 Å². The molecule has 0 radical (unpaired) electrons. The molecule has 1 rings (SSSR count). The highest BCUT2D eigenvalue weighted by Crippen LogP contribution is 2.24. The number of nitrogens with one attached hydrogen (secondary N) is 1. The molecule has 0 saturated carbocycles. The molecular formula is C12H20ClN3O. The van der Waals surface area contributed by atoms with Gasteiger partial charge in [0.2, 0.25) is 0 Å². The maximum Gasteiger partial charge on any atom is 0.129 e. The smallest absolute Gasteiger partial charge is 0.129 e. The van der Waals surface area contributed by atoms with Crippen molar-refractivity contribution in [3.05, 3.63) is 29.0 Å². The van der Waals surface area contributed by atoms with Gasteiger partial charge in [0.15, 0.2) is 0 Å². The van der Waals surface area contributed by atoms with Crippen LogP contribution in [-0.2, 0) is 4.74 Å². The molecule has 96 valence electrons. The molecule has 0 aliphatic carbocycles. The van der Waals surface area contributed by atoms with Gasteiger partial charge in [0.25, 0.3) is 0 Å². The van der Waals surface area contributed by atoms with Crippen LogP contribution in [0.4, 0.5) is 0 Å². The molecule has 0 bridgehead atoms. The van der Waals surface area contributed by atoms with Gasteiger partial charge in [-0.3, -0.25) is 11.3 Å². The van der Waals surface area contributed by atoms with Crippen molar-refractivity contribution < 1.29 is 4.74 Å². The lowest BCUT2D eigenvalue weighted by Crippen LogP contribution is -2.31. The maximum atomic E-state index is 5.86. The molecule has 1 aromatic rings. The lowest BCUT2D eigenvalue weighted by Gasteiger charge is -2.25. The lowest BCUT2D eigenvalue weighted by atomic mass is 9.96. The molecule has 0 aromatic carbocycles. The number of rotatable bonds is 6. The molecule has 1 unspecified atom stereocenters. The first-order valence-corrected chi connectivity index (χ1v) is 5.99. The molecule has 5 heteroatoms. The fourth-order valence-corrected chi connectivity index (χ4v) is 1.76. The van der Waals surface area contributed by atoms with Crippen LogP contribution in [0.25, 0.3) is 0 Å². The van der Waals surface area contributed by atoms with E-state index in [9.17, 15) is 0 Å². The summed E-state index contributed by atoms with van der Waals surface area (Å²) >= 11 is 5.86. The highest BCUT2D eigenvalue weighted by Gasteiger charge is 2.19. The second-order valence-corrected chi connectivity index (χ2v) is 5.02. The molecule has 0 fully saturated rings. The molecule has 1 atom stereocenters. The Labute approximate surface area is 107 Å². The summed E-state index contributed by atoms with van der Waals surface area (Å²) in [5, 5.41) is 0.480. The molecule has 0 aliphatic heterocycles. The van der Waals surface area contributed by atoms with E-state index in [1.54, 1.807) is 13.3 Å². The zero-order chi connectivity index (χ0) is 12.9. The van der Waals surface area contributed by atoms with Crippen LogP contribution in [0, 0.1) is 0 Å². The van der Waals surface area contributed by atoms with Crippen LogP contribution >= 0.6 is 11.6 Å². The number of hydrogen-bond acceptors (Lipinski definition) is 4. The first kappa shape index (κ1) is 14.4. The third-order valence-electron chi connectivity index (χ3n) is 2.94. The molecule has 3 N–H and O–H groups in total. The summed E-state index contributed by atoms with van der Waals surface area (Å²) in [6.07, 6.45) is 3.46. The van der Waals surface area contributed by atoms with Crippen LogP contribution in [0.1, 0.15) is 38.3 Å². The van der Waals surface area contributed by atoms with E-state index in [2.05, 4.69) is 24.3 Å². The first-order valence-electron chi connectivity index (χ1n) is 5.61. The number of ether oxygens (including phenoxy) is 1. The first-order chi connectivity index (χ1) is 7.98. The largest absolute Gasteiger partial charge is 0.379 e. The van der Waals surface area contributed by atoms with Crippen molar-refractivity contribution in [2.45, 2.75) is 38.3 Å². The maximum absolute atomic E-state index is 5.86. The number of nitrogens with two attached hydrogens (primary N) is 1. The number of halogens is 1. The minimum Gasteiger partial charge on any atom is -0.379 e. The number of pyridine rings is 1. The topological polar surface area (TPSA) is 60.2 Å². The van der Waals surface area contributed by atoms with Crippen molar-refractivity contribution in [1.82, 2.24) is 10.4 Å². The molecule has 17 heavy (non-hydrogen) atoms. The SMILES string of the molecule is COC(C)(C)CCC(NN)c1ccnc(Cl)c1. The van der Waals surface area contributed by atoms with Gasteiger partial charge >= 0.3 is 0 Å². The van der Waals surface area contributed by atoms with E-state index in [1.165, 1.54) is 0 Å². The molecule has 1 heterocycles. The zero-order valence-corrected chi connectivity index (χ0v) is 11.3. The average Bonchev–Trinajstić information content (AvgIpc) is 2.30. The van der Waals surface area contributed by atoms with Crippen molar-refractivity contribution in [1.29, 1.82) is 0 Å². The summed E-state index contributed by atoms with van der Waals surface area (Å²) in [5.74, 6) is 5.57. The molecule has 0 amide bonds. The Morgan fingerprint density at radius 3 is 2.82 bits per heavy atom. The minimum atomic E-state index is -0.147. The Hall–Kier alpha value is -0.680. The molecule has 1 aromatic heterocycles. The van der Waals surface area contributed by atoms with Gasteiger partial charge < -0.3 is 4.74 Å². The second kappa shape index (κ2) is 6.31. The molecular weight excluding hydrogens is 238 g/mol. The van der Waals surface area contributed by atoms with E-state index >= 15 is 0 Å². The number of hydrogen-bond donors (Lipinski definition) is 2. The lowest BCUT2D eigenvalue weighted by molar-refractivity contribution is 0.0117. The summed E-state index contributed by atoms with van der Waals surface area (Å²) in [5.41, 5.74) is 3.69. The van der Waals surface area contributed by atoms with Gasteiger partial charge in [-0.15, -0.1) is 0 Å². The van der Waals surface area contributed by atoms with Crippen molar-refractivity contribution in [2.75, 3.05) is 7.11 Å². The Morgan fingerprint density at radius 1 is 1.59 bits per heavy atom. The zero-order valence-electron chi connectivity index (χ0n) is 10.5. The third-order valence-corrected chi connectivity index (χ3v) is 3.15. The van der Waals surface area contributed by atoms with E-state index in [0.717, 1.165) is 18.4 Å². The van der Waals surface area contributed by atoms with Gasteiger partial charge in [-0.25, -0.2) is 4.98 Å². The quantitative estimate of drug-likeness (QED) is 0.467. The summed E-state index contributed by atoms with van der Waals surface area (Å²) in [7, 11) is 1.72. The van der Waals surface area contributed by atoms with Gasteiger partial charge in [0.1, 0.15) is 5.15 Å². The Bertz CT molecular complexity index is 357. The number of hydrazine groups is 1. The summed E-state index contributed by atoms with van der Waals surface area (Å²) in [6, 6.07) is 3.80. The van der Waals surface area contributed by atoms with Crippen molar-refractivity contribution >= 4 is 11.6 Å². The highest BCUT2D eigenvalue weighted by atomic mass is 35.5. The monoisotopic (exact) mass is 257 g/mol. The third kappa shape index (κ3) is 4.60. The molecule has 0 aliphatic rings. The predicted octanol–water partition coefficient (Wildman–Crippen LogP) is 2.44. The van der Waals surface area contributed by atoms with Crippen molar-refractivity contribution in [3.63, 3.8) is 0 Å². The van der Waals surface area contributed by atoms with Crippen LogP contribution in [0.15, 0.2) is 18.3 Å². The summed E-state index contributed by atoms with van der Waals surface area (Å²) in [4.78, 5) is 3.95. The Kier molecular flexibility index (Phi) is 5.33. The van der Waals surface area contributed by atoms with Gasteiger partial charge in [0.05, 0.1) is 5.60 Å². The molecule has 0 saturated heterocycles. The second-order valence-electron chi connectivity index (χ2n) is 4.63. The van der Waals surface area contributed by atoms with Crippen LogP contribution in [0.3, 0.4) is 0 Å². The number of nitrogens with zero attached hydrogens (tertiary/aromatic N) is 1. The highest BCUT2D eigenvalue weighted by molar-refractivity contribution is 6.29. The van der Waals surface area contributed by atoms with E-state index < -0.39 is 0 Å². The molecule has 4 nitrogen and oxygen atoms in total. The summed E-state index contributed by atoms with van der Waals surface area (Å²) in [6.45, 7) is 4.11. The summed E-state index contributed by atoms with van der Waals surface area (Å²) < 4.78 is 5.39. The fourth-order valence-electron chi connectivity index (χ4n) is 1.57. The fraction of sp³-hybridized carbons (Fsp3) is 0.583. The van der Waals surface area contributed by atoms with Crippen LogP contribution in [0.5, 0.6) is 0 Å². The van der Waals surface area contributed by atoms with Gasteiger partial charge in [0, 0.05) is 19.3 Å². The van der Waals surface area contributed by atoms with Crippen molar-refractivity contribution in [3.8, 4) is 0 Å². The number of methoxy groups -OCH3 is 1. The Balaban J connectivity index is 2.66. The average molecular weight is 258 g/mol. The minimum absolute atomic E-state index is 0.0601. The van der Waals surface area contributed by atoms with Crippen LogP contribution in [0.2, 0.25) is 5.15 Å². The van der Waals surface area contributed by atoms with Gasteiger partial charge in [-0.1, -0.05) is 11.6 Å². The molecule has 0 spiro atoms. The van der Waals surface area contributed by atoms with Gasteiger partial charge in [-0.2, -0.15) is 0 Å². The van der Waals surface area contributed by atoms with E-state index in [0.29, 0.717) is 5.15 Å². The van der Waals surface area contributed by atoms with Crippen molar-refractivity contribution in [2.24, 2.45) is 5.84 Å². The normalized spacial score (nSPS) is 13.7. The standard InChI is InChI=1S/C12H20ClN3O/c1-12(2,17-3)6-4-10(16-14)9-5-7-15-11(13)8-9/h5,7-8,10,16H,4,6,14H2,1-3H3. The predicted molar refractivity (Wildman–Crippen MR) is 69.6 cm³/mol. The van der Waals surface area contributed by atoms with Gasteiger partial charge in [-0.05, 0) is 44.4 Å². The Morgan fingerprint density at radius 2 is 2.29 bits per heavy atom. The van der Waals surface area contributed by atoms with E-state index in [-0.39, 0.29) is 11.6 Å². The van der Waals surface area contributed by atoms with E-state index in [4.69, 9.17) is 22.2 Å². The van der Waals surface area contributed by atoms with E-state index in [1.807, 2.05) is 12.1 Å².